The summed E-state index contributed by atoms with van der Waals surface area (Å²) in [6.07, 6.45) is -1.50. The van der Waals surface area contributed by atoms with Crippen LogP contribution in [-0.2, 0) is 0 Å². The quantitative estimate of drug-likeness (QED) is 0.661. The average Bonchev–Trinajstić information content (AvgIpc) is 2.72. The van der Waals surface area contributed by atoms with Crippen LogP contribution in [0.25, 0.3) is 0 Å². The van der Waals surface area contributed by atoms with E-state index in [2.05, 4.69) is 31.2 Å². The highest BCUT2D eigenvalue weighted by Crippen LogP contribution is 2.21. The Balaban J connectivity index is 2.40. The summed E-state index contributed by atoms with van der Waals surface area (Å²) in [5.41, 5.74) is 0.517. The van der Waals surface area contributed by atoms with E-state index in [0.29, 0.717) is 10.0 Å². The number of aromatic amines is 1. The van der Waals surface area contributed by atoms with E-state index in [1.54, 1.807) is 6.07 Å². The summed E-state index contributed by atoms with van der Waals surface area (Å²) >= 11 is 8.05. The number of hydrogen-bond donors (Lipinski definition) is 2. The lowest BCUT2D eigenvalue weighted by Crippen LogP contribution is -1.99. The molecule has 0 aliphatic rings. The SMILES string of the molecule is Oc1ccc(Br)c(/C=N/n2c(C(F)F)n[nH]c2=S)c1. The third kappa shape index (κ3) is 3.04. The molecule has 0 atom stereocenters. The summed E-state index contributed by atoms with van der Waals surface area (Å²) in [6.45, 7) is 0. The van der Waals surface area contributed by atoms with Crippen molar-refractivity contribution in [2.24, 2.45) is 5.10 Å². The van der Waals surface area contributed by atoms with E-state index in [1.807, 2.05) is 0 Å². The van der Waals surface area contributed by atoms with Gasteiger partial charge in [-0.25, -0.2) is 13.9 Å². The molecule has 0 fully saturated rings. The Hall–Kier alpha value is -1.61. The Kier molecular flexibility index (Phi) is 4.05. The molecule has 100 valence electrons. The predicted molar refractivity (Wildman–Crippen MR) is 71.2 cm³/mol. The van der Waals surface area contributed by atoms with E-state index in [1.165, 1.54) is 18.3 Å². The standard InChI is InChI=1S/C10H7BrF2N4OS/c11-7-2-1-6(18)3-5(7)4-14-17-9(8(12)13)15-16-10(17)19/h1-4,8,18H,(H,16,19)/b14-4+. The molecule has 0 amide bonds. The summed E-state index contributed by atoms with van der Waals surface area (Å²) < 4.78 is 26.7. The predicted octanol–water partition coefficient (Wildman–Crippen LogP) is 3.23. The van der Waals surface area contributed by atoms with Crippen molar-refractivity contribution >= 4 is 34.4 Å². The number of H-pyrrole nitrogens is 1. The van der Waals surface area contributed by atoms with Crippen LogP contribution in [0, 0.1) is 4.77 Å². The van der Waals surface area contributed by atoms with Crippen LogP contribution in [0.15, 0.2) is 27.8 Å². The first-order valence-electron chi connectivity index (χ1n) is 4.97. The molecule has 5 nitrogen and oxygen atoms in total. The van der Waals surface area contributed by atoms with E-state index in [4.69, 9.17) is 12.2 Å². The summed E-state index contributed by atoms with van der Waals surface area (Å²) in [5, 5.41) is 18.8. The summed E-state index contributed by atoms with van der Waals surface area (Å²) in [5.74, 6) is -0.535. The molecule has 0 aliphatic carbocycles. The molecule has 0 radical (unpaired) electrons. The lowest BCUT2D eigenvalue weighted by Gasteiger charge is -2.01. The summed E-state index contributed by atoms with van der Waals surface area (Å²) in [6, 6.07) is 4.52. The molecule has 0 unspecified atom stereocenters. The minimum absolute atomic E-state index is 0.0366. The molecular formula is C10H7BrF2N4OS. The van der Waals surface area contributed by atoms with Gasteiger partial charge in [-0.2, -0.15) is 14.9 Å². The highest BCUT2D eigenvalue weighted by molar-refractivity contribution is 9.10. The normalized spacial score (nSPS) is 11.6. The minimum Gasteiger partial charge on any atom is -0.508 e. The number of hydrogen-bond acceptors (Lipinski definition) is 4. The maximum Gasteiger partial charge on any atom is 0.299 e. The second kappa shape index (κ2) is 5.57. The minimum atomic E-state index is -2.79. The Bertz CT molecular complexity index is 682. The fourth-order valence-corrected chi connectivity index (χ4v) is 1.84. The largest absolute Gasteiger partial charge is 0.508 e. The Morgan fingerprint density at radius 3 is 2.95 bits per heavy atom. The second-order valence-electron chi connectivity index (χ2n) is 3.45. The first-order valence-corrected chi connectivity index (χ1v) is 6.17. The molecule has 19 heavy (non-hydrogen) atoms. The third-order valence-electron chi connectivity index (χ3n) is 2.16. The molecule has 1 aromatic heterocycles. The van der Waals surface area contributed by atoms with Gasteiger partial charge in [-0.05, 0) is 30.4 Å². The van der Waals surface area contributed by atoms with E-state index in [0.717, 1.165) is 4.68 Å². The number of nitrogens with zero attached hydrogens (tertiary/aromatic N) is 3. The van der Waals surface area contributed by atoms with Crippen LogP contribution < -0.4 is 0 Å². The second-order valence-corrected chi connectivity index (χ2v) is 4.69. The molecule has 0 spiro atoms. The van der Waals surface area contributed by atoms with E-state index >= 15 is 0 Å². The van der Waals surface area contributed by atoms with Gasteiger partial charge in [0.05, 0.1) is 6.21 Å². The number of rotatable bonds is 3. The van der Waals surface area contributed by atoms with Crippen molar-refractivity contribution in [2.45, 2.75) is 6.43 Å². The molecule has 0 saturated heterocycles. The van der Waals surface area contributed by atoms with Gasteiger partial charge >= 0.3 is 0 Å². The average molecular weight is 349 g/mol. The number of aromatic nitrogens is 3. The zero-order valence-corrected chi connectivity index (χ0v) is 11.6. The van der Waals surface area contributed by atoms with E-state index < -0.39 is 12.2 Å². The number of phenols is 1. The fourth-order valence-electron chi connectivity index (χ4n) is 1.31. The topological polar surface area (TPSA) is 66.2 Å². The van der Waals surface area contributed by atoms with Crippen LogP contribution in [0.3, 0.4) is 0 Å². The summed E-state index contributed by atoms with van der Waals surface area (Å²) in [4.78, 5) is 0. The van der Waals surface area contributed by atoms with Gasteiger partial charge in [0.1, 0.15) is 5.75 Å². The monoisotopic (exact) mass is 348 g/mol. The van der Waals surface area contributed by atoms with Crippen LogP contribution in [0.1, 0.15) is 17.8 Å². The molecule has 9 heteroatoms. The van der Waals surface area contributed by atoms with Crippen molar-refractivity contribution in [1.82, 2.24) is 14.9 Å². The van der Waals surface area contributed by atoms with Crippen molar-refractivity contribution in [1.29, 1.82) is 0 Å². The molecular weight excluding hydrogens is 342 g/mol. The number of halogens is 3. The number of phenolic OH excluding ortho intramolecular Hbond substituents is 1. The van der Waals surface area contributed by atoms with Crippen molar-refractivity contribution in [3.8, 4) is 5.75 Å². The Morgan fingerprint density at radius 2 is 2.26 bits per heavy atom. The molecule has 2 rings (SSSR count). The Morgan fingerprint density at radius 1 is 1.53 bits per heavy atom. The number of aromatic hydroxyl groups is 1. The van der Waals surface area contributed by atoms with Gasteiger partial charge in [0.15, 0.2) is 0 Å². The van der Waals surface area contributed by atoms with Gasteiger partial charge in [0.2, 0.25) is 10.6 Å². The zero-order valence-electron chi connectivity index (χ0n) is 9.22. The number of nitrogens with one attached hydrogen (secondary N) is 1. The van der Waals surface area contributed by atoms with Crippen LogP contribution in [0.2, 0.25) is 0 Å². The van der Waals surface area contributed by atoms with Crippen LogP contribution >= 0.6 is 28.1 Å². The molecule has 0 bridgehead atoms. The molecule has 2 aromatic rings. The van der Waals surface area contributed by atoms with Gasteiger partial charge in [-0.1, -0.05) is 15.9 Å². The van der Waals surface area contributed by atoms with Gasteiger partial charge in [0, 0.05) is 10.0 Å². The molecule has 2 N–H and O–H groups in total. The first-order chi connectivity index (χ1) is 8.99. The first kappa shape index (κ1) is 13.8. The van der Waals surface area contributed by atoms with Crippen molar-refractivity contribution in [3.63, 3.8) is 0 Å². The highest BCUT2D eigenvalue weighted by Gasteiger charge is 2.16. The smallest absolute Gasteiger partial charge is 0.299 e. The maximum absolute atomic E-state index is 12.6. The zero-order chi connectivity index (χ0) is 14.0. The van der Waals surface area contributed by atoms with Gasteiger partial charge in [0.25, 0.3) is 6.43 Å². The lowest BCUT2D eigenvalue weighted by molar-refractivity contribution is 0.136. The fraction of sp³-hybridized carbons (Fsp3) is 0.100. The number of benzene rings is 1. The molecule has 0 saturated carbocycles. The summed E-state index contributed by atoms with van der Waals surface area (Å²) in [7, 11) is 0. The van der Waals surface area contributed by atoms with Crippen molar-refractivity contribution in [3.05, 3.63) is 38.8 Å². The van der Waals surface area contributed by atoms with E-state index in [9.17, 15) is 13.9 Å². The van der Waals surface area contributed by atoms with Gasteiger partial charge < -0.3 is 5.11 Å². The van der Waals surface area contributed by atoms with Gasteiger partial charge in [-0.15, -0.1) is 0 Å². The highest BCUT2D eigenvalue weighted by atomic mass is 79.9. The molecule has 1 aromatic carbocycles. The van der Waals surface area contributed by atoms with Crippen molar-refractivity contribution < 1.29 is 13.9 Å². The van der Waals surface area contributed by atoms with Crippen LogP contribution in [0.4, 0.5) is 8.78 Å². The van der Waals surface area contributed by atoms with Crippen molar-refractivity contribution in [2.75, 3.05) is 0 Å². The lowest BCUT2D eigenvalue weighted by atomic mass is 10.2. The van der Waals surface area contributed by atoms with E-state index in [-0.39, 0.29) is 10.5 Å². The van der Waals surface area contributed by atoms with Crippen LogP contribution in [-0.4, -0.2) is 26.2 Å². The molecule has 1 heterocycles. The Labute approximate surface area is 119 Å². The molecule has 0 aliphatic heterocycles. The number of alkyl halides is 2. The van der Waals surface area contributed by atoms with Crippen LogP contribution in [0.5, 0.6) is 5.75 Å². The maximum atomic E-state index is 12.6. The third-order valence-corrected chi connectivity index (χ3v) is 3.15. The van der Waals surface area contributed by atoms with Gasteiger partial charge in [-0.3, -0.25) is 0 Å².